The zero-order chi connectivity index (χ0) is 14.5. The number of hydrogen-bond acceptors (Lipinski definition) is 6. The van der Waals surface area contributed by atoms with Gasteiger partial charge in [-0.1, -0.05) is 0 Å². The molecule has 20 heavy (non-hydrogen) atoms. The molecule has 0 fully saturated rings. The predicted octanol–water partition coefficient (Wildman–Crippen LogP) is 0.873. The molecule has 2 rings (SSSR count). The molecule has 0 saturated carbocycles. The van der Waals surface area contributed by atoms with E-state index in [-0.39, 0.29) is 0 Å². The number of hydrogen-bond donors (Lipinski definition) is 1. The van der Waals surface area contributed by atoms with Crippen LogP contribution in [0.25, 0.3) is 11.0 Å². The monoisotopic (exact) mass is 278 g/mol. The largest absolute Gasteiger partial charge is 0.383 e. The Balaban J connectivity index is 2.26. The fourth-order valence-electron chi connectivity index (χ4n) is 2.01. The van der Waals surface area contributed by atoms with Gasteiger partial charge in [-0.2, -0.15) is 5.10 Å². The van der Waals surface area contributed by atoms with Crippen LogP contribution in [0.1, 0.15) is 12.7 Å². The van der Waals surface area contributed by atoms with Gasteiger partial charge in [0.05, 0.1) is 24.7 Å². The van der Waals surface area contributed by atoms with Gasteiger partial charge in [0.25, 0.3) is 0 Å². The summed E-state index contributed by atoms with van der Waals surface area (Å²) < 4.78 is 6.85. The Hall–Kier alpha value is -1.73. The highest BCUT2D eigenvalue weighted by Gasteiger charge is 2.12. The summed E-state index contributed by atoms with van der Waals surface area (Å²) in [7, 11) is 5.63. The van der Waals surface area contributed by atoms with E-state index in [0.717, 1.165) is 35.8 Å². The second-order valence-electron chi connectivity index (χ2n) is 4.75. The van der Waals surface area contributed by atoms with Gasteiger partial charge in [-0.25, -0.2) is 9.97 Å². The van der Waals surface area contributed by atoms with E-state index >= 15 is 0 Å². The van der Waals surface area contributed by atoms with Crippen molar-refractivity contribution in [1.82, 2.24) is 24.6 Å². The van der Waals surface area contributed by atoms with Gasteiger partial charge < -0.3 is 10.1 Å². The van der Waals surface area contributed by atoms with Crippen LogP contribution in [0.4, 0.5) is 5.82 Å². The summed E-state index contributed by atoms with van der Waals surface area (Å²) >= 11 is 0. The summed E-state index contributed by atoms with van der Waals surface area (Å²) in [5.74, 6) is 1.64. The number of ether oxygens (including phenoxy) is 1. The van der Waals surface area contributed by atoms with Crippen LogP contribution in [0.15, 0.2) is 6.20 Å². The first kappa shape index (κ1) is 14.7. The lowest BCUT2D eigenvalue weighted by atomic mass is 10.3. The van der Waals surface area contributed by atoms with Gasteiger partial charge in [0.1, 0.15) is 11.6 Å². The summed E-state index contributed by atoms with van der Waals surface area (Å²) in [6.45, 7) is 5.10. The minimum atomic E-state index is 0.683. The quantitative estimate of drug-likeness (QED) is 0.810. The first-order valence-electron chi connectivity index (χ1n) is 6.75. The molecule has 0 unspecified atom stereocenters. The maximum absolute atomic E-state index is 5.08. The topological polar surface area (TPSA) is 68.1 Å². The average Bonchev–Trinajstić information content (AvgIpc) is 2.79. The number of methoxy groups -OCH3 is 1. The number of likely N-dealkylation sites (N-methyl/N-ethyl adjacent to an activating group) is 1. The number of nitrogens with zero attached hydrogens (tertiary/aromatic N) is 5. The second kappa shape index (κ2) is 6.62. The smallest absolute Gasteiger partial charge is 0.163 e. The van der Waals surface area contributed by atoms with Gasteiger partial charge in [-0.15, -0.1) is 0 Å². The molecule has 0 atom stereocenters. The van der Waals surface area contributed by atoms with E-state index in [4.69, 9.17) is 4.74 Å². The van der Waals surface area contributed by atoms with Crippen LogP contribution in [0.3, 0.4) is 0 Å². The molecule has 1 N–H and O–H groups in total. The third kappa shape index (κ3) is 3.23. The predicted molar refractivity (Wildman–Crippen MR) is 78.7 cm³/mol. The Morgan fingerprint density at radius 3 is 2.90 bits per heavy atom. The molecule has 2 aromatic rings. The highest BCUT2D eigenvalue weighted by atomic mass is 16.5. The molecule has 110 valence electrons. The Morgan fingerprint density at radius 1 is 1.40 bits per heavy atom. The molecule has 0 aliphatic heterocycles. The molecule has 0 aliphatic carbocycles. The van der Waals surface area contributed by atoms with Crippen LogP contribution in [0.2, 0.25) is 0 Å². The van der Waals surface area contributed by atoms with E-state index in [0.29, 0.717) is 13.2 Å². The summed E-state index contributed by atoms with van der Waals surface area (Å²) in [5, 5.41) is 8.48. The van der Waals surface area contributed by atoms with E-state index in [1.165, 1.54) is 0 Å². The maximum Gasteiger partial charge on any atom is 0.163 e. The lowest BCUT2D eigenvalue weighted by Crippen LogP contribution is -2.23. The number of aromatic nitrogens is 4. The molecule has 7 heteroatoms. The fourth-order valence-corrected chi connectivity index (χ4v) is 2.01. The van der Waals surface area contributed by atoms with Crippen LogP contribution < -0.4 is 5.32 Å². The van der Waals surface area contributed by atoms with Crippen molar-refractivity contribution >= 4 is 16.9 Å². The van der Waals surface area contributed by atoms with E-state index in [1.54, 1.807) is 18.0 Å². The maximum atomic E-state index is 5.08. The molecular weight excluding hydrogens is 256 g/mol. The Bertz CT molecular complexity index is 567. The van der Waals surface area contributed by atoms with Gasteiger partial charge in [0.15, 0.2) is 5.65 Å². The third-order valence-electron chi connectivity index (χ3n) is 3.07. The van der Waals surface area contributed by atoms with Gasteiger partial charge in [-0.3, -0.25) is 9.58 Å². The number of rotatable bonds is 7. The molecule has 0 bridgehead atoms. The minimum Gasteiger partial charge on any atom is -0.383 e. The van der Waals surface area contributed by atoms with Crippen LogP contribution in [0.5, 0.6) is 0 Å². The zero-order valence-corrected chi connectivity index (χ0v) is 12.6. The Morgan fingerprint density at radius 2 is 2.20 bits per heavy atom. The van der Waals surface area contributed by atoms with Gasteiger partial charge >= 0.3 is 0 Å². The first-order chi connectivity index (χ1) is 9.65. The summed E-state index contributed by atoms with van der Waals surface area (Å²) in [5.41, 5.74) is 0.853. The normalized spacial score (nSPS) is 11.4. The summed E-state index contributed by atoms with van der Waals surface area (Å²) in [6.07, 6.45) is 1.80. The molecule has 0 saturated heterocycles. The molecular formula is C13H22N6O. The van der Waals surface area contributed by atoms with E-state index in [2.05, 4.69) is 32.2 Å². The van der Waals surface area contributed by atoms with E-state index < -0.39 is 0 Å². The lowest BCUT2D eigenvalue weighted by molar-refractivity contribution is 0.157. The van der Waals surface area contributed by atoms with Crippen molar-refractivity contribution in [1.29, 1.82) is 0 Å². The van der Waals surface area contributed by atoms with Crippen LogP contribution in [-0.2, 0) is 18.3 Å². The number of fused-ring (bicyclic) bond motifs is 1. The fraction of sp³-hybridized carbons (Fsp3) is 0.615. The molecule has 0 spiro atoms. The zero-order valence-electron chi connectivity index (χ0n) is 12.6. The van der Waals surface area contributed by atoms with Crippen molar-refractivity contribution in [2.75, 3.05) is 39.2 Å². The SMILES string of the molecule is CCNc1nc(CN(C)CCOC)nc2c1cnn2C. The van der Waals surface area contributed by atoms with E-state index in [9.17, 15) is 0 Å². The van der Waals surface area contributed by atoms with Crippen LogP contribution in [0, 0.1) is 0 Å². The van der Waals surface area contributed by atoms with Gasteiger partial charge in [-0.05, 0) is 14.0 Å². The van der Waals surface area contributed by atoms with E-state index in [1.807, 2.05) is 14.1 Å². The van der Waals surface area contributed by atoms with Crippen molar-refractivity contribution < 1.29 is 4.74 Å². The van der Waals surface area contributed by atoms with Crippen molar-refractivity contribution in [2.45, 2.75) is 13.5 Å². The number of aryl methyl sites for hydroxylation is 1. The standard InChI is InChI=1S/C13H22N6O/c1-5-14-12-10-8-15-19(3)13(10)17-11(16-12)9-18(2)6-7-20-4/h8H,5-7,9H2,1-4H3,(H,14,16,17). The van der Waals surface area contributed by atoms with Crippen molar-refractivity contribution in [2.24, 2.45) is 7.05 Å². The summed E-state index contributed by atoms with van der Waals surface area (Å²) in [6, 6.07) is 0. The van der Waals surface area contributed by atoms with Gasteiger partial charge in [0, 0.05) is 27.2 Å². The molecule has 2 aromatic heterocycles. The van der Waals surface area contributed by atoms with Crippen LogP contribution in [-0.4, -0.2) is 58.5 Å². The number of anilines is 1. The number of nitrogens with one attached hydrogen (secondary N) is 1. The molecule has 7 nitrogen and oxygen atoms in total. The molecule has 0 aliphatic rings. The van der Waals surface area contributed by atoms with Crippen LogP contribution >= 0.6 is 0 Å². The van der Waals surface area contributed by atoms with Crippen molar-refractivity contribution in [3.8, 4) is 0 Å². The Labute approximate surface area is 119 Å². The first-order valence-corrected chi connectivity index (χ1v) is 6.75. The highest BCUT2D eigenvalue weighted by molar-refractivity contribution is 5.86. The minimum absolute atomic E-state index is 0.683. The molecule has 0 radical (unpaired) electrons. The Kier molecular flexibility index (Phi) is 4.86. The van der Waals surface area contributed by atoms with Crippen molar-refractivity contribution in [3.05, 3.63) is 12.0 Å². The third-order valence-corrected chi connectivity index (χ3v) is 3.07. The lowest BCUT2D eigenvalue weighted by Gasteiger charge is -2.15. The second-order valence-corrected chi connectivity index (χ2v) is 4.75. The molecule has 0 aromatic carbocycles. The average molecular weight is 278 g/mol. The molecule has 0 amide bonds. The van der Waals surface area contributed by atoms with Crippen molar-refractivity contribution in [3.63, 3.8) is 0 Å². The molecule has 2 heterocycles. The van der Waals surface area contributed by atoms with Gasteiger partial charge in [0.2, 0.25) is 0 Å². The highest BCUT2D eigenvalue weighted by Crippen LogP contribution is 2.19. The summed E-state index contributed by atoms with van der Waals surface area (Å²) in [4.78, 5) is 11.3.